The van der Waals surface area contributed by atoms with Crippen molar-refractivity contribution in [2.24, 2.45) is 0 Å². The number of ether oxygens (including phenoxy) is 1. The molecule has 0 aliphatic rings. The number of H-pyrrole nitrogens is 1. The zero-order chi connectivity index (χ0) is 23.6. The van der Waals surface area contributed by atoms with E-state index in [0.717, 1.165) is 22.9 Å². The van der Waals surface area contributed by atoms with Crippen LogP contribution in [0.5, 0.6) is 5.75 Å². The fourth-order valence-electron chi connectivity index (χ4n) is 3.53. The van der Waals surface area contributed by atoms with E-state index >= 15 is 0 Å². The minimum absolute atomic E-state index is 0.229. The highest BCUT2D eigenvalue weighted by Crippen LogP contribution is 2.27. The highest BCUT2D eigenvalue weighted by molar-refractivity contribution is 7.92. The molecule has 3 aromatic carbocycles. The molecule has 33 heavy (non-hydrogen) atoms. The van der Waals surface area contributed by atoms with Gasteiger partial charge >= 0.3 is 0 Å². The van der Waals surface area contributed by atoms with Crippen LogP contribution in [0.2, 0.25) is 0 Å². The number of anilines is 1. The van der Waals surface area contributed by atoms with Crippen molar-refractivity contribution in [3.63, 3.8) is 0 Å². The molecule has 4 aromatic rings. The number of sulfonamides is 1. The van der Waals surface area contributed by atoms with Crippen LogP contribution in [0.15, 0.2) is 66.7 Å². The van der Waals surface area contributed by atoms with Gasteiger partial charge in [0.05, 0.1) is 30.4 Å². The van der Waals surface area contributed by atoms with Crippen molar-refractivity contribution in [2.45, 2.75) is 13.0 Å². The lowest BCUT2D eigenvalue weighted by Gasteiger charge is -2.15. The molecule has 8 nitrogen and oxygen atoms in total. The number of hydrogen-bond acceptors (Lipinski definition) is 5. The van der Waals surface area contributed by atoms with E-state index in [9.17, 15) is 13.2 Å². The molecule has 0 aliphatic carbocycles. The first-order valence-electron chi connectivity index (χ1n) is 10.2. The minimum atomic E-state index is -3.55. The van der Waals surface area contributed by atoms with E-state index in [1.807, 2.05) is 49.4 Å². The molecule has 1 amide bonds. The van der Waals surface area contributed by atoms with Crippen LogP contribution in [-0.4, -0.2) is 37.7 Å². The van der Waals surface area contributed by atoms with Crippen LogP contribution in [0.4, 0.5) is 5.69 Å². The maximum absolute atomic E-state index is 13.0. The second-order valence-electron chi connectivity index (χ2n) is 7.75. The van der Waals surface area contributed by atoms with Crippen LogP contribution in [0.1, 0.15) is 28.9 Å². The van der Waals surface area contributed by atoms with E-state index in [4.69, 9.17) is 4.74 Å². The van der Waals surface area contributed by atoms with Crippen molar-refractivity contribution in [3.05, 3.63) is 77.9 Å². The van der Waals surface area contributed by atoms with Gasteiger partial charge in [-0.3, -0.25) is 9.52 Å². The van der Waals surface area contributed by atoms with Gasteiger partial charge in [-0.05, 0) is 42.8 Å². The standard InChI is InChI=1S/C24H24N4O4S/c1-15(16-7-5-4-6-8-16)25-24(29)18-11-17(12-19(13-18)28-33(3,30)31)23-26-21-10-9-20(32-2)14-22(21)27-23/h4-15,28H,1-3H3,(H,25,29)(H,26,27)/t15-/m0/s1. The van der Waals surface area contributed by atoms with Crippen molar-refractivity contribution in [2.75, 3.05) is 18.1 Å². The highest BCUT2D eigenvalue weighted by atomic mass is 32.2. The Kier molecular flexibility index (Phi) is 6.06. The largest absolute Gasteiger partial charge is 0.497 e. The molecule has 0 spiro atoms. The molecule has 4 rings (SSSR count). The van der Waals surface area contributed by atoms with Crippen molar-refractivity contribution in [1.29, 1.82) is 0 Å². The number of rotatable bonds is 7. The number of amides is 1. The van der Waals surface area contributed by atoms with E-state index in [1.165, 1.54) is 6.07 Å². The molecule has 0 aliphatic heterocycles. The number of imidazole rings is 1. The fraction of sp³-hybridized carbons (Fsp3) is 0.167. The van der Waals surface area contributed by atoms with Gasteiger partial charge in [-0.2, -0.15) is 0 Å². The third-order valence-electron chi connectivity index (χ3n) is 5.11. The quantitative estimate of drug-likeness (QED) is 0.381. The second kappa shape index (κ2) is 8.95. The summed E-state index contributed by atoms with van der Waals surface area (Å²) in [6.07, 6.45) is 1.06. The van der Waals surface area contributed by atoms with Gasteiger partial charge in [0.25, 0.3) is 5.91 Å². The first kappa shape index (κ1) is 22.3. The predicted octanol–water partition coefficient (Wildman–Crippen LogP) is 4.10. The summed E-state index contributed by atoms with van der Waals surface area (Å²) in [5, 5.41) is 2.96. The third kappa shape index (κ3) is 5.32. The fourth-order valence-corrected chi connectivity index (χ4v) is 4.07. The van der Waals surface area contributed by atoms with Gasteiger partial charge in [-0.25, -0.2) is 13.4 Å². The van der Waals surface area contributed by atoms with Gasteiger partial charge in [-0.15, -0.1) is 0 Å². The minimum Gasteiger partial charge on any atom is -0.497 e. The molecule has 9 heteroatoms. The zero-order valence-electron chi connectivity index (χ0n) is 18.4. The van der Waals surface area contributed by atoms with Crippen LogP contribution in [0, 0.1) is 0 Å². The van der Waals surface area contributed by atoms with Gasteiger partial charge in [0.2, 0.25) is 10.0 Å². The Morgan fingerprint density at radius 3 is 2.52 bits per heavy atom. The monoisotopic (exact) mass is 464 g/mol. The average molecular weight is 465 g/mol. The number of carbonyl (C=O) groups is 1. The number of nitrogens with one attached hydrogen (secondary N) is 3. The van der Waals surface area contributed by atoms with Crippen molar-refractivity contribution in [3.8, 4) is 17.1 Å². The summed E-state index contributed by atoms with van der Waals surface area (Å²) in [6.45, 7) is 1.89. The Morgan fingerprint density at radius 1 is 1.06 bits per heavy atom. The van der Waals surface area contributed by atoms with Crippen molar-refractivity contribution < 1.29 is 17.9 Å². The molecule has 3 N–H and O–H groups in total. The van der Waals surface area contributed by atoms with Crippen LogP contribution >= 0.6 is 0 Å². The molecular formula is C24H24N4O4S. The molecule has 0 saturated carbocycles. The number of nitrogens with zero attached hydrogens (tertiary/aromatic N) is 1. The lowest BCUT2D eigenvalue weighted by atomic mass is 10.1. The average Bonchev–Trinajstić information content (AvgIpc) is 3.21. The Bertz CT molecular complexity index is 1420. The number of aromatic nitrogens is 2. The molecule has 1 heterocycles. The summed E-state index contributed by atoms with van der Waals surface area (Å²) in [7, 11) is -1.96. The maximum Gasteiger partial charge on any atom is 0.251 e. The number of hydrogen-bond donors (Lipinski definition) is 3. The lowest BCUT2D eigenvalue weighted by molar-refractivity contribution is 0.0940. The van der Waals surface area contributed by atoms with E-state index in [2.05, 4.69) is 20.0 Å². The Hall–Kier alpha value is -3.85. The lowest BCUT2D eigenvalue weighted by Crippen LogP contribution is -2.26. The zero-order valence-corrected chi connectivity index (χ0v) is 19.2. The molecule has 1 aromatic heterocycles. The normalized spacial score (nSPS) is 12.3. The molecule has 170 valence electrons. The second-order valence-corrected chi connectivity index (χ2v) is 9.50. The number of carbonyl (C=O) groups excluding carboxylic acids is 1. The first-order valence-corrected chi connectivity index (χ1v) is 12.1. The number of benzene rings is 3. The van der Waals surface area contributed by atoms with Crippen LogP contribution < -0.4 is 14.8 Å². The summed E-state index contributed by atoms with van der Waals surface area (Å²) in [5.41, 5.74) is 3.58. The molecule has 0 unspecified atom stereocenters. The van der Waals surface area contributed by atoms with E-state index in [-0.39, 0.29) is 17.6 Å². The molecule has 0 saturated heterocycles. The third-order valence-corrected chi connectivity index (χ3v) is 5.71. The van der Waals surface area contributed by atoms with Crippen molar-refractivity contribution in [1.82, 2.24) is 15.3 Å². The number of methoxy groups -OCH3 is 1. The summed E-state index contributed by atoms with van der Waals surface area (Å²) < 4.78 is 31.4. The molecule has 0 radical (unpaired) electrons. The Labute approximate surface area is 192 Å². The summed E-state index contributed by atoms with van der Waals surface area (Å²) in [6, 6.07) is 19.6. The van der Waals surface area contributed by atoms with E-state index in [0.29, 0.717) is 22.7 Å². The molecule has 0 bridgehead atoms. The SMILES string of the molecule is COc1ccc2nc(-c3cc(NS(C)(=O)=O)cc(C(=O)N[C@@H](C)c4ccccc4)c3)[nH]c2c1. The van der Waals surface area contributed by atoms with E-state index in [1.54, 1.807) is 25.3 Å². The van der Waals surface area contributed by atoms with Crippen LogP contribution in [0.3, 0.4) is 0 Å². The van der Waals surface area contributed by atoms with Gasteiger partial charge in [0, 0.05) is 22.9 Å². The first-order chi connectivity index (χ1) is 15.7. The maximum atomic E-state index is 13.0. The molecule has 1 atom stereocenters. The predicted molar refractivity (Wildman–Crippen MR) is 129 cm³/mol. The Balaban J connectivity index is 1.72. The smallest absolute Gasteiger partial charge is 0.251 e. The van der Waals surface area contributed by atoms with Gasteiger partial charge in [-0.1, -0.05) is 30.3 Å². The molecule has 0 fully saturated rings. The highest BCUT2D eigenvalue weighted by Gasteiger charge is 2.16. The summed E-state index contributed by atoms with van der Waals surface area (Å²) in [4.78, 5) is 20.8. The van der Waals surface area contributed by atoms with Gasteiger partial charge < -0.3 is 15.0 Å². The van der Waals surface area contributed by atoms with Gasteiger partial charge in [0.15, 0.2) is 0 Å². The summed E-state index contributed by atoms with van der Waals surface area (Å²) in [5.74, 6) is 0.850. The number of fused-ring (bicyclic) bond motifs is 1. The van der Waals surface area contributed by atoms with Crippen LogP contribution in [0.25, 0.3) is 22.4 Å². The Morgan fingerprint density at radius 2 is 1.82 bits per heavy atom. The van der Waals surface area contributed by atoms with Gasteiger partial charge in [0.1, 0.15) is 11.6 Å². The topological polar surface area (TPSA) is 113 Å². The van der Waals surface area contributed by atoms with Crippen LogP contribution in [-0.2, 0) is 10.0 Å². The van der Waals surface area contributed by atoms with E-state index < -0.39 is 10.0 Å². The summed E-state index contributed by atoms with van der Waals surface area (Å²) >= 11 is 0. The van der Waals surface area contributed by atoms with Crippen molar-refractivity contribution >= 4 is 32.7 Å². The number of aromatic amines is 1. The molecular weight excluding hydrogens is 440 g/mol.